The van der Waals surface area contributed by atoms with Crippen LogP contribution in [0.1, 0.15) is 38.4 Å². The second-order valence-corrected chi connectivity index (χ2v) is 9.56. The van der Waals surface area contributed by atoms with E-state index >= 15 is 0 Å². The van der Waals surface area contributed by atoms with E-state index in [9.17, 15) is 5.48 Å². The molecule has 0 atom stereocenters. The first-order chi connectivity index (χ1) is 34.9. The fourth-order valence-corrected chi connectivity index (χ4v) is 4.76. The van der Waals surface area contributed by atoms with Crippen LogP contribution >= 0.6 is 0 Å². The van der Waals surface area contributed by atoms with Gasteiger partial charge < -0.3 is 4.57 Å². The van der Waals surface area contributed by atoms with Crippen LogP contribution in [0.3, 0.4) is 0 Å². The van der Waals surface area contributed by atoms with Crippen LogP contribution in [0.2, 0.25) is 0 Å². The van der Waals surface area contributed by atoms with E-state index in [-0.39, 0.29) is 0 Å². The predicted octanol–water partition coefficient (Wildman–Crippen LogP) is 10.8. The summed E-state index contributed by atoms with van der Waals surface area (Å²) >= 11 is 0. The number of hydrogen-bond acceptors (Lipinski definition) is 3. The van der Waals surface area contributed by atoms with E-state index in [1.165, 1.54) is 0 Å². The van der Waals surface area contributed by atoms with Crippen molar-refractivity contribution in [2.45, 2.75) is 0 Å². The van der Waals surface area contributed by atoms with Crippen molar-refractivity contribution >= 4 is 32.6 Å². The summed E-state index contributed by atoms with van der Waals surface area (Å²) in [5, 5.41) is -2.36. The van der Waals surface area contributed by atoms with E-state index in [2.05, 4.69) is 15.0 Å². The lowest BCUT2D eigenvalue weighted by Gasteiger charge is -2.12. The summed E-state index contributed by atoms with van der Waals surface area (Å²) in [5.74, 6) is -2.74. The number of aromatic nitrogens is 4. The van der Waals surface area contributed by atoms with Crippen molar-refractivity contribution in [2.24, 2.45) is 0 Å². The highest BCUT2D eigenvalue weighted by molar-refractivity contribution is 6.09. The Morgan fingerprint density at radius 3 is 1.47 bits per heavy atom. The Morgan fingerprint density at radius 2 is 0.830 bits per heavy atom. The van der Waals surface area contributed by atoms with Crippen LogP contribution in [-0.2, 0) is 0 Å². The maximum Gasteiger partial charge on any atom is 0.164 e. The Labute approximate surface area is 311 Å². The molecular formula is C43H28N4. The number of hydrogen-bond donors (Lipinski definition) is 0. The van der Waals surface area contributed by atoms with Crippen molar-refractivity contribution in [3.63, 3.8) is 0 Å². The Balaban J connectivity index is 1.45. The molecule has 0 bridgehead atoms. The first kappa shape index (κ1) is 10.9. The smallest absolute Gasteiger partial charge is 0.164 e. The minimum absolute atomic E-state index is 0.481. The Kier molecular flexibility index (Phi) is 2.59. The van der Waals surface area contributed by atoms with Crippen molar-refractivity contribution in [3.8, 4) is 51.0 Å². The standard InChI is InChI=1S/C43H28N4/c1-3-12-29(13-4-1)31-22-23-33-27-35(25-24-32(33)26-31)43-45-41(30-14-5-2-6-15-30)44-42(46-43)34-16-11-17-36(28-34)47-39-20-9-7-18-37(39)38-19-8-10-21-40(38)47/h1-28H/i1D,2D,3D,4D,5D,6D,7D,8D,9D,10D,11D,12D,13D,14D,15D,16D,17D,18D,19D,20D,21D,22D,23D,24D,25D,26D,27D,28D. The molecule has 0 aliphatic carbocycles. The topological polar surface area (TPSA) is 43.6 Å². The van der Waals surface area contributed by atoms with Gasteiger partial charge in [0.25, 0.3) is 0 Å². The number of nitrogens with zero attached hydrogens (tertiary/aromatic N) is 4. The lowest BCUT2D eigenvalue weighted by atomic mass is 10.00. The summed E-state index contributed by atoms with van der Waals surface area (Å²) in [5.41, 5.74) is -5.92. The summed E-state index contributed by atoms with van der Waals surface area (Å²) in [7, 11) is 0. The number of para-hydroxylation sites is 2. The van der Waals surface area contributed by atoms with E-state index < -0.39 is 253 Å². The molecular weight excluding hydrogens is 573 g/mol. The van der Waals surface area contributed by atoms with Gasteiger partial charge in [-0.2, -0.15) is 0 Å². The summed E-state index contributed by atoms with van der Waals surface area (Å²) in [4.78, 5) is 12.9. The van der Waals surface area contributed by atoms with Crippen LogP contribution in [-0.4, -0.2) is 19.5 Å². The third-order valence-corrected chi connectivity index (χ3v) is 6.80. The van der Waals surface area contributed by atoms with Crippen LogP contribution < -0.4 is 0 Å². The predicted molar refractivity (Wildman–Crippen MR) is 193 cm³/mol. The monoisotopic (exact) mass is 628 g/mol. The van der Waals surface area contributed by atoms with Gasteiger partial charge in [0.1, 0.15) is 0 Å². The highest BCUT2D eigenvalue weighted by atomic mass is 15.0. The Hall–Kier alpha value is -6.39. The van der Waals surface area contributed by atoms with Gasteiger partial charge in [-0.05, 0) is 58.2 Å². The van der Waals surface area contributed by atoms with Crippen molar-refractivity contribution in [3.05, 3.63) is 169 Å². The molecule has 0 N–H and O–H groups in total. The zero-order valence-electron chi connectivity index (χ0n) is 51.3. The highest BCUT2D eigenvalue weighted by Crippen LogP contribution is 2.34. The molecule has 2 aromatic heterocycles. The van der Waals surface area contributed by atoms with Gasteiger partial charge in [0.15, 0.2) is 17.5 Å². The molecule has 0 aliphatic rings. The third kappa shape index (κ3) is 4.84. The molecule has 0 unspecified atom stereocenters. The highest BCUT2D eigenvalue weighted by Gasteiger charge is 2.16. The molecule has 0 amide bonds. The normalized spacial score (nSPS) is 19.7. The molecule has 0 saturated heterocycles. The minimum Gasteiger partial charge on any atom is -0.309 e. The number of benzene rings is 7. The first-order valence-corrected chi connectivity index (χ1v) is 13.5. The molecule has 0 saturated carbocycles. The van der Waals surface area contributed by atoms with Gasteiger partial charge in [-0.25, -0.2) is 15.0 Å². The number of rotatable bonds is 5. The molecule has 47 heavy (non-hydrogen) atoms. The summed E-state index contributed by atoms with van der Waals surface area (Å²) in [6.45, 7) is 0. The largest absolute Gasteiger partial charge is 0.309 e. The van der Waals surface area contributed by atoms with Crippen LogP contribution in [0, 0.1) is 0 Å². The quantitative estimate of drug-likeness (QED) is 0.190. The van der Waals surface area contributed by atoms with E-state index in [1.54, 1.807) is 0 Å². The van der Waals surface area contributed by atoms with Crippen LogP contribution in [0.5, 0.6) is 0 Å². The second kappa shape index (κ2) is 11.2. The van der Waals surface area contributed by atoms with Crippen molar-refractivity contribution in [1.29, 1.82) is 0 Å². The maximum absolute atomic E-state index is 9.70. The fourth-order valence-electron chi connectivity index (χ4n) is 4.76. The fraction of sp³-hybridized carbons (Fsp3) is 0. The molecule has 0 radical (unpaired) electrons. The van der Waals surface area contributed by atoms with E-state index in [4.69, 9.17) is 32.9 Å². The molecule has 9 rings (SSSR count). The van der Waals surface area contributed by atoms with Gasteiger partial charge in [-0.15, -0.1) is 0 Å². The number of fused-ring (bicyclic) bond motifs is 4. The van der Waals surface area contributed by atoms with Gasteiger partial charge >= 0.3 is 0 Å². The SMILES string of the molecule is [2H]c1c([2H])c([2H])c(-c2nc(-c3c([2H])c([2H])c([2H])c(-n4c5c([2H])c([2H])c([2H])c([2H])c5c5c([2H])c([2H])c([2H])c([2H])c54)c3[2H])nc(-c3c([2H])c([2H])c4c([2H])c(-c5c([2H])c([2H])c([2H])c([2H])c5[2H])c([2H])c([2H])c4c3[2H])n2)c([2H])c1[2H]. The van der Waals surface area contributed by atoms with E-state index in [1.807, 2.05) is 0 Å². The van der Waals surface area contributed by atoms with Crippen molar-refractivity contribution < 1.29 is 38.4 Å². The van der Waals surface area contributed by atoms with Gasteiger partial charge in [0.05, 0.1) is 49.4 Å². The van der Waals surface area contributed by atoms with E-state index in [0.717, 1.165) is 4.57 Å². The zero-order valence-corrected chi connectivity index (χ0v) is 23.3. The van der Waals surface area contributed by atoms with Crippen LogP contribution in [0.25, 0.3) is 83.6 Å². The first-order valence-electron chi connectivity index (χ1n) is 27.5. The lowest BCUT2D eigenvalue weighted by Crippen LogP contribution is -2.01. The molecule has 7 aromatic carbocycles. The molecule has 0 aliphatic heterocycles. The van der Waals surface area contributed by atoms with Gasteiger partial charge in [0.2, 0.25) is 0 Å². The van der Waals surface area contributed by atoms with Crippen molar-refractivity contribution in [2.75, 3.05) is 0 Å². The van der Waals surface area contributed by atoms with Crippen LogP contribution in [0.4, 0.5) is 0 Å². The maximum atomic E-state index is 9.70. The lowest BCUT2D eigenvalue weighted by molar-refractivity contribution is 1.07. The van der Waals surface area contributed by atoms with Gasteiger partial charge in [0, 0.05) is 33.2 Å². The molecule has 4 nitrogen and oxygen atoms in total. The Bertz CT molecular complexity index is 4040. The molecule has 220 valence electrons. The molecule has 2 heterocycles. The average Bonchev–Trinajstić information content (AvgIpc) is 3.72. The zero-order chi connectivity index (χ0) is 55.5. The van der Waals surface area contributed by atoms with Gasteiger partial charge in [-0.1, -0.05) is 133 Å². The minimum atomic E-state index is -1.06. The average molecular weight is 629 g/mol. The summed E-state index contributed by atoms with van der Waals surface area (Å²) in [6.07, 6.45) is 0. The van der Waals surface area contributed by atoms with Gasteiger partial charge in [-0.3, -0.25) is 0 Å². The molecule has 0 fully saturated rings. The molecule has 0 spiro atoms. The summed E-state index contributed by atoms with van der Waals surface area (Å²) < 4.78 is 246. The summed E-state index contributed by atoms with van der Waals surface area (Å²) in [6, 6.07) is -25.5. The molecule has 9 aromatic rings. The van der Waals surface area contributed by atoms with Crippen molar-refractivity contribution in [1.82, 2.24) is 19.5 Å². The van der Waals surface area contributed by atoms with Crippen LogP contribution in [0.15, 0.2) is 169 Å². The van der Waals surface area contributed by atoms with E-state index in [0.29, 0.717) is 0 Å². The second-order valence-electron chi connectivity index (χ2n) is 9.56. The Morgan fingerprint density at radius 1 is 0.362 bits per heavy atom. The third-order valence-electron chi connectivity index (χ3n) is 6.80. The molecule has 4 heteroatoms.